The van der Waals surface area contributed by atoms with Crippen LogP contribution < -0.4 is 5.73 Å². The summed E-state index contributed by atoms with van der Waals surface area (Å²) in [6, 6.07) is 2.05. The van der Waals surface area contributed by atoms with Crippen LogP contribution in [0.15, 0.2) is 16.6 Å². The van der Waals surface area contributed by atoms with E-state index >= 15 is 0 Å². The van der Waals surface area contributed by atoms with Crippen molar-refractivity contribution in [1.29, 1.82) is 0 Å². The Kier molecular flexibility index (Phi) is 3.97. The van der Waals surface area contributed by atoms with Gasteiger partial charge < -0.3 is 10.6 Å². The maximum Gasteiger partial charge on any atom is 0.260 e. The van der Waals surface area contributed by atoms with E-state index in [0.717, 1.165) is 25.0 Å². The number of halogens is 3. The SMILES string of the molecule is NCC1CCCN1C(=O)c1c(F)cc(Br)cc1F. The van der Waals surface area contributed by atoms with Gasteiger partial charge in [-0.25, -0.2) is 8.78 Å². The molecule has 1 amide bonds. The lowest BCUT2D eigenvalue weighted by Gasteiger charge is -2.23. The van der Waals surface area contributed by atoms with Crippen LogP contribution in [-0.2, 0) is 0 Å². The van der Waals surface area contributed by atoms with Crippen molar-refractivity contribution in [2.24, 2.45) is 5.73 Å². The summed E-state index contributed by atoms with van der Waals surface area (Å²) in [6.45, 7) is 0.807. The summed E-state index contributed by atoms with van der Waals surface area (Å²) < 4.78 is 27.7. The number of nitrogens with two attached hydrogens (primary N) is 1. The van der Waals surface area contributed by atoms with E-state index in [1.165, 1.54) is 4.90 Å². The highest BCUT2D eigenvalue weighted by molar-refractivity contribution is 9.10. The summed E-state index contributed by atoms with van der Waals surface area (Å²) in [7, 11) is 0. The molecule has 1 unspecified atom stereocenters. The Morgan fingerprint density at radius 1 is 1.44 bits per heavy atom. The Morgan fingerprint density at radius 3 is 2.61 bits per heavy atom. The summed E-state index contributed by atoms with van der Waals surface area (Å²) in [5, 5.41) is 0. The van der Waals surface area contributed by atoms with Gasteiger partial charge in [-0.3, -0.25) is 4.79 Å². The lowest BCUT2D eigenvalue weighted by atomic mass is 10.1. The van der Waals surface area contributed by atoms with Crippen LogP contribution in [0.4, 0.5) is 8.78 Å². The number of hydrogen-bond acceptors (Lipinski definition) is 2. The number of hydrogen-bond donors (Lipinski definition) is 1. The molecule has 6 heteroatoms. The van der Waals surface area contributed by atoms with Crippen molar-refractivity contribution < 1.29 is 13.6 Å². The Labute approximate surface area is 112 Å². The molecule has 2 rings (SSSR count). The number of carbonyl (C=O) groups is 1. The molecule has 1 aromatic rings. The van der Waals surface area contributed by atoms with Gasteiger partial charge in [-0.2, -0.15) is 0 Å². The second kappa shape index (κ2) is 5.32. The van der Waals surface area contributed by atoms with Crippen LogP contribution in [-0.4, -0.2) is 29.9 Å². The Morgan fingerprint density at radius 2 is 2.06 bits per heavy atom. The lowest BCUT2D eigenvalue weighted by molar-refractivity contribution is 0.0731. The molecule has 1 atom stereocenters. The van der Waals surface area contributed by atoms with Crippen molar-refractivity contribution in [2.45, 2.75) is 18.9 Å². The molecule has 0 saturated carbocycles. The first kappa shape index (κ1) is 13.4. The second-order valence-corrected chi connectivity index (χ2v) is 5.19. The van der Waals surface area contributed by atoms with Crippen molar-refractivity contribution >= 4 is 21.8 Å². The molecule has 1 aromatic carbocycles. The molecule has 0 aliphatic carbocycles. The van der Waals surface area contributed by atoms with Gasteiger partial charge in [0.25, 0.3) is 5.91 Å². The van der Waals surface area contributed by atoms with Crippen LogP contribution in [0.3, 0.4) is 0 Å². The minimum absolute atomic E-state index is 0.125. The standard InChI is InChI=1S/C12H13BrF2N2O/c13-7-4-9(14)11(10(15)5-7)12(18)17-3-1-2-8(17)6-16/h4-5,8H,1-3,6,16H2. The van der Waals surface area contributed by atoms with Crippen LogP contribution >= 0.6 is 15.9 Å². The minimum Gasteiger partial charge on any atom is -0.334 e. The maximum absolute atomic E-state index is 13.7. The second-order valence-electron chi connectivity index (χ2n) is 4.27. The molecular weight excluding hydrogens is 306 g/mol. The fourth-order valence-corrected chi connectivity index (χ4v) is 2.64. The average Bonchev–Trinajstić information content (AvgIpc) is 2.75. The molecule has 1 aliphatic rings. The van der Waals surface area contributed by atoms with Crippen LogP contribution in [0.25, 0.3) is 0 Å². The molecule has 3 nitrogen and oxygen atoms in total. The third-order valence-corrected chi connectivity index (χ3v) is 3.59. The Bertz CT molecular complexity index is 458. The molecule has 98 valence electrons. The maximum atomic E-state index is 13.7. The van der Waals surface area contributed by atoms with E-state index in [-0.39, 0.29) is 10.5 Å². The van der Waals surface area contributed by atoms with Gasteiger partial charge in [-0.05, 0) is 25.0 Å². The highest BCUT2D eigenvalue weighted by Crippen LogP contribution is 2.24. The summed E-state index contributed by atoms with van der Waals surface area (Å²) in [5.41, 5.74) is 5.05. The molecule has 0 spiro atoms. The van der Waals surface area contributed by atoms with Crippen molar-refractivity contribution in [3.63, 3.8) is 0 Å². The first-order valence-electron chi connectivity index (χ1n) is 5.70. The first-order valence-corrected chi connectivity index (χ1v) is 6.49. The summed E-state index contributed by atoms with van der Waals surface area (Å²) in [4.78, 5) is 13.6. The number of rotatable bonds is 2. The van der Waals surface area contributed by atoms with E-state index in [0.29, 0.717) is 13.1 Å². The van der Waals surface area contributed by atoms with Crippen LogP contribution in [0.2, 0.25) is 0 Å². The molecular formula is C12H13BrF2N2O. The van der Waals surface area contributed by atoms with Gasteiger partial charge in [0.05, 0.1) is 0 Å². The summed E-state index contributed by atoms with van der Waals surface area (Å²) in [5.74, 6) is -2.32. The zero-order valence-corrected chi connectivity index (χ0v) is 11.2. The van der Waals surface area contributed by atoms with Crippen molar-refractivity contribution in [3.8, 4) is 0 Å². The fraction of sp³-hybridized carbons (Fsp3) is 0.417. The Hall–Kier alpha value is -1.01. The van der Waals surface area contributed by atoms with Crippen molar-refractivity contribution in [3.05, 3.63) is 33.8 Å². The molecule has 18 heavy (non-hydrogen) atoms. The van der Waals surface area contributed by atoms with Crippen LogP contribution in [0, 0.1) is 11.6 Å². The molecule has 0 radical (unpaired) electrons. The van der Waals surface area contributed by atoms with Gasteiger partial charge in [-0.1, -0.05) is 15.9 Å². The van der Waals surface area contributed by atoms with E-state index in [4.69, 9.17) is 5.73 Å². The number of benzene rings is 1. The Balaban J connectivity index is 2.34. The van der Waals surface area contributed by atoms with E-state index in [1.54, 1.807) is 0 Å². The van der Waals surface area contributed by atoms with Crippen molar-refractivity contribution in [2.75, 3.05) is 13.1 Å². The van der Waals surface area contributed by atoms with Gasteiger partial charge in [0.2, 0.25) is 0 Å². The molecule has 1 aliphatic heterocycles. The van der Waals surface area contributed by atoms with Crippen LogP contribution in [0.1, 0.15) is 23.2 Å². The number of amides is 1. The van der Waals surface area contributed by atoms with Gasteiger partial charge in [0.1, 0.15) is 17.2 Å². The fourth-order valence-electron chi connectivity index (χ4n) is 2.24. The first-order chi connectivity index (χ1) is 8.54. The predicted molar refractivity (Wildman–Crippen MR) is 67.2 cm³/mol. The smallest absolute Gasteiger partial charge is 0.260 e. The lowest BCUT2D eigenvalue weighted by Crippen LogP contribution is -2.40. The zero-order chi connectivity index (χ0) is 13.3. The molecule has 2 N–H and O–H groups in total. The van der Waals surface area contributed by atoms with Gasteiger partial charge in [-0.15, -0.1) is 0 Å². The van der Waals surface area contributed by atoms with Gasteiger partial charge in [0, 0.05) is 23.6 Å². The molecule has 1 saturated heterocycles. The highest BCUT2D eigenvalue weighted by Gasteiger charge is 2.31. The number of likely N-dealkylation sites (tertiary alicyclic amines) is 1. The predicted octanol–water partition coefficient (Wildman–Crippen LogP) is 2.29. The molecule has 1 fully saturated rings. The summed E-state index contributed by atoms with van der Waals surface area (Å²) in [6.07, 6.45) is 1.59. The van der Waals surface area contributed by atoms with Gasteiger partial charge in [0.15, 0.2) is 0 Å². The van der Waals surface area contributed by atoms with Gasteiger partial charge >= 0.3 is 0 Å². The van der Waals surface area contributed by atoms with E-state index in [1.807, 2.05) is 0 Å². The third kappa shape index (κ3) is 2.40. The molecule has 0 aromatic heterocycles. The van der Waals surface area contributed by atoms with Crippen molar-refractivity contribution in [1.82, 2.24) is 4.90 Å². The van der Waals surface area contributed by atoms with E-state index in [9.17, 15) is 13.6 Å². The van der Waals surface area contributed by atoms with E-state index < -0.39 is 23.1 Å². The molecule has 1 heterocycles. The van der Waals surface area contributed by atoms with Crippen LogP contribution in [0.5, 0.6) is 0 Å². The largest absolute Gasteiger partial charge is 0.334 e. The normalized spacial score (nSPS) is 19.3. The van der Waals surface area contributed by atoms with E-state index in [2.05, 4.69) is 15.9 Å². The minimum atomic E-state index is -0.852. The highest BCUT2D eigenvalue weighted by atomic mass is 79.9. The summed E-state index contributed by atoms with van der Waals surface area (Å²) >= 11 is 2.98. The topological polar surface area (TPSA) is 46.3 Å². The number of nitrogens with zero attached hydrogens (tertiary/aromatic N) is 1. The average molecular weight is 319 g/mol. The zero-order valence-electron chi connectivity index (χ0n) is 9.63. The number of carbonyl (C=O) groups excluding carboxylic acids is 1. The monoisotopic (exact) mass is 318 g/mol. The molecule has 0 bridgehead atoms. The quantitative estimate of drug-likeness (QED) is 0.909. The third-order valence-electron chi connectivity index (χ3n) is 3.13.